The standard InChI is InChI=1S/C20H28ClN7O2S/c1-12-7-5-8-15(13(12)2)16-11-17(28-20(23)27-16)25-9-6-10-26-31(29,30)18(14(3)22)19(21)24-4/h5,7-8,11,22,24,26H,6,9-10H2,1-4H3,(H3,23,25,27,28)/b19-18+,22-14?. The molecule has 1 heterocycles. The van der Waals surface area contributed by atoms with Crippen molar-refractivity contribution in [2.24, 2.45) is 0 Å². The van der Waals surface area contributed by atoms with Crippen LogP contribution in [-0.2, 0) is 10.0 Å². The molecule has 0 saturated heterocycles. The topological polar surface area (TPSA) is 146 Å². The highest BCUT2D eigenvalue weighted by Gasteiger charge is 2.22. The van der Waals surface area contributed by atoms with Gasteiger partial charge in [0.05, 0.1) is 11.4 Å². The van der Waals surface area contributed by atoms with Gasteiger partial charge in [-0.25, -0.2) is 18.1 Å². The highest BCUT2D eigenvalue weighted by atomic mass is 35.5. The van der Waals surface area contributed by atoms with Crippen LogP contribution < -0.4 is 21.1 Å². The first-order valence-electron chi connectivity index (χ1n) is 9.64. The van der Waals surface area contributed by atoms with Crippen LogP contribution in [0, 0.1) is 19.3 Å². The van der Waals surface area contributed by atoms with Crippen LogP contribution in [0.15, 0.2) is 34.3 Å². The quantitative estimate of drug-likeness (QED) is 0.206. The summed E-state index contributed by atoms with van der Waals surface area (Å²) in [5.41, 5.74) is 9.70. The Morgan fingerprint density at radius 3 is 2.58 bits per heavy atom. The number of rotatable bonds is 10. The van der Waals surface area contributed by atoms with E-state index in [1.807, 2.05) is 38.1 Å². The van der Waals surface area contributed by atoms with Gasteiger partial charge in [0.2, 0.25) is 16.0 Å². The van der Waals surface area contributed by atoms with E-state index in [2.05, 4.69) is 25.3 Å². The third-order valence-electron chi connectivity index (χ3n) is 4.60. The first-order chi connectivity index (χ1) is 14.6. The zero-order valence-electron chi connectivity index (χ0n) is 18.0. The number of hydrogen-bond acceptors (Lipinski definition) is 8. The van der Waals surface area contributed by atoms with Gasteiger partial charge in [0.25, 0.3) is 0 Å². The van der Waals surface area contributed by atoms with Gasteiger partial charge in [-0.15, -0.1) is 0 Å². The van der Waals surface area contributed by atoms with Gasteiger partial charge in [-0.3, -0.25) is 0 Å². The average Bonchev–Trinajstić information content (AvgIpc) is 2.68. The first kappa shape index (κ1) is 24.6. The van der Waals surface area contributed by atoms with E-state index in [0.29, 0.717) is 18.8 Å². The van der Waals surface area contributed by atoms with Crippen LogP contribution >= 0.6 is 11.6 Å². The monoisotopic (exact) mass is 465 g/mol. The fourth-order valence-corrected chi connectivity index (χ4v) is 4.65. The molecule has 168 valence electrons. The average molecular weight is 466 g/mol. The van der Waals surface area contributed by atoms with Crippen LogP contribution in [0.4, 0.5) is 11.8 Å². The minimum absolute atomic E-state index is 0.103. The molecule has 1 aromatic heterocycles. The van der Waals surface area contributed by atoms with E-state index in [4.69, 9.17) is 22.7 Å². The second-order valence-corrected chi connectivity index (χ2v) is 9.02. The number of aryl methyl sites for hydroxylation is 1. The summed E-state index contributed by atoms with van der Waals surface area (Å²) < 4.78 is 27.3. The van der Waals surface area contributed by atoms with E-state index < -0.39 is 10.0 Å². The maximum atomic E-state index is 12.4. The summed E-state index contributed by atoms with van der Waals surface area (Å²) in [7, 11) is -2.41. The van der Waals surface area contributed by atoms with Crippen molar-refractivity contribution in [3.8, 4) is 11.3 Å². The second kappa shape index (κ2) is 10.6. The molecule has 6 N–H and O–H groups in total. The van der Waals surface area contributed by atoms with Crippen molar-refractivity contribution in [2.75, 3.05) is 31.2 Å². The normalized spacial score (nSPS) is 12.3. The molecule has 0 saturated carbocycles. The number of anilines is 2. The molecule has 11 heteroatoms. The Hall–Kier alpha value is -2.69. The summed E-state index contributed by atoms with van der Waals surface area (Å²) in [6.45, 7) is 6.04. The van der Waals surface area contributed by atoms with Gasteiger partial charge in [0.1, 0.15) is 15.9 Å². The predicted octanol–water partition coefficient (Wildman–Crippen LogP) is 2.73. The highest BCUT2D eigenvalue weighted by Crippen LogP contribution is 2.26. The Labute approximate surface area is 188 Å². The first-order valence-corrected chi connectivity index (χ1v) is 11.5. The highest BCUT2D eigenvalue weighted by molar-refractivity contribution is 7.94. The van der Waals surface area contributed by atoms with Crippen LogP contribution in [0.1, 0.15) is 24.5 Å². The fourth-order valence-electron chi connectivity index (χ4n) is 2.90. The molecule has 0 fully saturated rings. The van der Waals surface area contributed by atoms with E-state index in [9.17, 15) is 8.42 Å². The summed E-state index contributed by atoms with van der Waals surface area (Å²) in [6.07, 6.45) is 0.476. The van der Waals surface area contributed by atoms with Gasteiger partial charge in [0, 0.05) is 31.8 Å². The van der Waals surface area contributed by atoms with E-state index in [1.165, 1.54) is 14.0 Å². The molecule has 0 aliphatic carbocycles. The van der Waals surface area contributed by atoms with Crippen LogP contribution in [-0.4, -0.2) is 44.2 Å². The van der Waals surface area contributed by atoms with Crippen molar-refractivity contribution >= 4 is 39.1 Å². The third kappa shape index (κ3) is 6.39. The maximum absolute atomic E-state index is 12.4. The molecule has 0 aliphatic heterocycles. The van der Waals surface area contributed by atoms with Crippen molar-refractivity contribution in [2.45, 2.75) is 27.2 Å². The fraction of sp³-hybridized carbons (Fsp3) is 0.350. The van der Waals surface area contributed by atoms with Crippen molar-refractivity contribution < 1.29 is 8.42 Å². The molecule has 0 radical (unpaired) electrons. The second-order valence-electron chi connectivity index (χ2n) is 6.94. The number of aromatic nitrogens is 2. The van der Waals surface area contributed by atoms with E-state index >= 15 is 0 Å². The van der Waals surface area contributed by atoms with Gasteiger partial charge in [-0.1, -0.05) is 29.8 Å². The van der Waals surface area contributed by atoms with Crippen molar-refractivity contribution in [3.63, 3.8) is 0 Å². The number of nitrogens with zero attached hydrogens (tertiary/aromatic N) is 2. The molecule has 0 aliphatic rings. The van der Waals surface area contributed by atoms with Crippen LogP contribution in [0.2, 0.25) is 0 Å². The van der Waals surface area contributed by atoms with E-state index in [-0.39, 0.29) is 28.3 Å². The molecule has 0 atom stereocenters. The predicted molar refractivity (Wildman–Crippen MR) is 127 cm³/mol. The lowest BCUT2D eigenvalue weighted by atomic mass is 10.0. The Bertz CT molecular complexity index is 1100. The number of nitrogen functional groups attached to an aromatic ring is 1. The number of nitrogens with two attached hydrogens (primary N) is 1. The largest absolute Gasteiger partial charge is 0.378 e. The molecule has 0 spiro atoms. The molecule has 2 rings (SSSR count). The molecule has 0 unspecified atom stereocenters. The molecule has 0 bridgehead atoms. The minimum Gasteiger partial charge on any atom is -0.378 e. The number of sulfonamides is 1. The zero-order valence-corrected chi connectivity index (χ0v) is 19.6. The lowest BCUT2D eigenvalue weighted by Gasteiger charge is -2.13. The lowest BCUT2D eigenvalue weighted by molar-refractivity contribution is 0.587. The third-order valence-corrected chi connectivity index (χ3v) is 6.73. The molecule has 9 nitrogen and oxygen atoms in total. The van der Waals surface area contributed by atoms with Crippen molar-refractivity contribution in [1.29, 1.82) is 5.41 Å². The Morgan fingerprint density at radius 1 is 1.23 bits per heavy atom. The SMILES string of the molecule is CN/C(Cl)=C(\C(C)=N)S(=O)(=O)NCCCNc1cc(-c2cccc(C)c2C)nc(N)n1. The van der Waals surface area contributed by atoms with Crippen LogP contribution in [0.3, 0.4) is 0 Å². The van der Waals surface area contributed by atoms with Gasteiger partial charge in [-0.05, 0) is 38.3 Å². The maximum Gasteiger partial charge on any atom is 0.245 e. The zero-order chi connectivity index (χ0) is 23.2. The minimum atomic E-state index is -3.90. The molecule has 0 amide bonds. The van der Waals surface area contributed by atoms with Gasteiger partial charge in [0.15, 0.2) is 0 Å². The van der Waals surface area contributed by atoms with Crippen LogP contribution in [0.25, 0.3) is 11.3 Å². The summed E-state index contributed by atoms with van der Waals surface area (Å²) in [6, 6.07) is 7.80. The van der Waals surface area contributed by atoms with Crippen molar-refractivity contribution in [1.82, 2.24) is 20.0 Å². The smallest absolute Gasteiger partial charge is 0.245 e. The van der Waals surface area contributed by atoms with Gasteiger partial charge in [-0.2, -0.15) is 4.98 Å². The summed E-state index contributed by atoms with van der Waals surface area (Å²) >= 11 is 5.90. The van der Waals surface area contributed by atoms with Crippen molar-refractivity contribution in [3.05, 3.63) is 45.5 Å². The molecule has 2 aromatic rings. The number of allylic oxidation sites excluding steroid dienone is 1. The summed E-state index contributed by atoms with van der Waals surface area (Å²) in [5.74, 6) is 0.708. The summed E-state index contributed by atoms with van der Waals surface area (Å²) in [5, 5.41) is 13.3. The molecule has 1 aromatic carbocycles. The number of benzene rings is 1. The Kier molecular flexibility index (Phi) is 8.37. The summed E-state index contributed by atoms with van der Waals surface area (Å²) in [4.78, 5) is 8.26. The number of hydrogen-bond donors (Lipinski definition) is 5. The van der Waals surface area contributed by atoms with E-state index in [0.717, 1.165) is 22.4 Å². The Morgan fingerprint density at radius 2 is 1.94 bits per heavy atom. The van der Waals surface area contributed by atoms with Gasteiger partial charge >= 0.3 is 0 Å². The number of halogens is 1. The molecular formula is C20H28ClN7O2S. The van der Waals surface area contributed by atoms with E-state index in [1.54, 1.807) is 0 Å². The van der Waals surface area contributed by atoms with Gasteiger partial charge < -0.3 is 21.8 Å². The van der Waals surface area contributed by atoms with Crippen LogP contribution in [0.5, 0.6) is 0 Å². The Balaban J connectivity index is 2.01. The molecule has 31 heavy (non-hydrogen) atoms. The number of nitrogens with one attached hydrogen (secondary N) is 4. The lowest BCUT2D eigenvalue weighted by Crippen LogP contribution is -2.31. The molecular weight excluding hydrogens is 438 g/mol.